The van der Waals surface area contributed by atoms with E-state index in [1.807, 2.05) is 41.8 Å². The van der Waals surface area contributed by atoms with Crippen molar-refractivity contribution in [2.75, 3.05) is 13.1 Å². The third-order valence-corrected chi connectivity index (χ3v) is 5.11. The zero-order chi connectivity index (χ0) is 18.5. The molecule has 2 aromatic heterocycles. The second-order valence-corrected chi connectivity index (χ2v) is 6.94. The third kappa shape index (κ3) is 4.30. The molecule has 3 rings (SSSR count). The van der Waals surface area contributed by atoms with Gasteiger partial charge in [-0.1, -0.05) is 13.0 Å². The molecule has 26 heavy (non-hydrogen) atoms. The van der Waals surface area contributed by atoms with E-state index in [0.717, 1.165) is 42.8 Å². The van der Waals surface area contributed by atoms with E-state index in [2.05, 4.69) is 17.0 Å². The van der Waals surface area contributed by atoms with Gasteiger partial charge >= 0.3 is 0 Å². The molecule has 1 unspecified atom stereocenters. The van der Waals surface area contributed by atoms with Gasteiger partial charge in [-0.3, -0.25) is 14.5 Å². The molecule has 6 nitrogen and oxygen atoms in total. The zero-order valence-corrected chi connectivity index (χ0v) is 15.9. The van der Waals surface area contributed by atoms with Crippen molar-refractivity contribution in [3.8, 4) is 0 Å². The van der Waals surface area contributed by atoms with Crippen LogP contribution in [-0.2, 0) is 29.1 Å². The van der Waals surface area contributed by atoms with Crippen LogP contribution in [0.1, 0.15) is 42.3 Å². The fourth-order valence-corrected chi connectivity index (χ4v) is 3.63. The molecule has 1 atom stereocenters. The first-order valence-corrected chi connectivity index (χ1v) is 9.39. The van der Waals surface area contributed by atoms with E-state index in [1.165, 1.54) is 5.56 Å². The number of nitrogens with zero attached hydrogens (tertiary/aromatic N) is 4. The Morgan fingerprint density at radius 3 is 2.92 bits per heavy atom. The van der Waals surface area contributed by atoms with Gasteiger partial charge in [0.1, 0.15) is 6.54 Å². The first-order valence-electron chi connectivity index (χ1n) is 9.39. The average molecular weight is 356 g/mol. The molecule has 0 aromatic carbocycles. The van der Waals surface area contributed by atoms with Crippen LogP contribution in [0.25, 0.3) is 0 Å². The van der Waals surface area contributed by atoms with E-state index >= 15 is 0 Å². The zero-order valence-electron chi connectivity index (χ0n) is 15.9. The van der Waals surface area contributed by atoms with Crippen molar-refractivity contribution in [2.24, 2.45) is 0 Å². The maximum absolute atomic E-state index is 12.7. The Kier molecular flexibility index (Phi) is 6.04. The smallest absolute Gasteiger partial charge is 0.244 e. The van der Waals surface area contributed by atoms with Crippen LogP contribution in [0.2, 0.25) is 0 Å². The number of likely N-dealkylation sites (tertiary alicyclic amines) is 1. The number of amides is 1. The topological polar surface area (TPSA) is 60.2 Å². The van der Waals surface area contributed by atoms with Gasteiger partial charge in [0, 0.05) is 31.2 Å². The molecule has 3 heterocycles. The third-order valence-electron chi connectivity index (χ3n) is 5.11. The van der Waals surface area contributed by atoms with Crippen LogP contribution in [0.4, 0.5) is 0 Å². The number of aromatic nitrogens is 3. The van der Waals surface area contributed by atoms with E-state index in [4.69, 9.17) is 4.74 Å². The lowest BCUT2D eigenvalue weighted by atomic mass is 10.1. The van der Waals surface area contributed by atoms with Gasteiger partial charge in [0.2, 0.25) is 5.91 Å². The summed E-state index contributed by atoms with van der Waals surface area (Å²) in [4.78, 5) is 18.8. The van der Waals surface area contributed by atoms with Crippen molar-refractivity contribution in [3.05, 3.63) is 47.0 Å². The molecule has 0 radical (unpaired) electrons. The first-order chi connectivity index (χ1) is 12.6. The lowest BCUT2D eigenvalue weighted by molar-refractivity contribution is -0.136. The lowest BCUT2D eigenvalue weighted by Crippen LogP contribution is -2.44. The summed E-state index contributed by atoms with van der Waals surface area (Å²) in [5.74, 6) is 0.118. The Morgan fingerprint density at radius 2 is 2.23 bits per heavy atom. The molecule has 1 fully saturated rings. The molecule has 0 saturated carbocycles. The summed E-state index contributed by atoms with van der Waals surface area (Å²) in [6.07, 6.45) is 6.57. The minimum atomic E-state index is 0.0829. The van der Waals surface area contributed by atoms with E-state index in [0.29, 0.717) is 19.7 Å². The molecule has 0 N–H and O–H groups in total. The average Bonchev–Trinajstić information content (AvgIpc) is 2.93. The number of ether oxygens (including phenoxy) is 1. The van der Waals surface area contributed by atoms with Crippen molar-refractivity contribution >= 4 is 5.91 Å². The summed E-state index contributed by atoms with van der Waals surface area (Å²) >= 11 is 0. The molecule has 1 aliphatic rings. The Balaban J connectivity index is 1.56. The van der Waals surface area contributed by atoms with Gasteiger partial charge in [0.05, 0.1) is 18.4 Å². The number of hydrogen-bond acceptors (Lipinski definition) is 4. The fraction of sp³-hybridized carbons (Fsp3) is 0.550. The standard InChI is InChI=1S/C20H28N4O2/c1-4-19-15(2)22-24(16(19)3)13-20(25)23-10-6-8-18(12-23)26-14-17-7-5-9-21-11-17/h5,7,9,11,18H,4,6,8,10,12-14H2,1-3H3. The summed E-state index contributed by atoms with van der Waals surface area (Å²) in [6, 6.07) is 3.92. The number of carbonyl (C=O) groups is 1. The van der Waals surface area contributed by atoms with Gasteiger partial charge in [-0.25, -0.2) is 0 Å². The van der Waals surface area contributed by atoms with Crippen molar-refractivity contribution in [2.45, 2.75) is 59.3 Å². The van der Waals surface area contributed by atoms with Gasteiger partial charge in [0.25, 0.3) is 0 Å². The Bertz CT molecular complexity index is 742. The molecule has 6 heteroatoms. The minimum Gasteiger partial charge on any atom is -0.372 e. The predicted octanol–water partition coefficient (Wildman–Crippen LogP) is 2.67. The van der Waals surface area contributed by atoms with Crippen LogP contribution < -0.4 is 0 Å². The van der Waals surface area contributed by atoms with Crippen molar-refractivity contribution in [1.82, 2.24) is 19.7 Å². The minimum absolute atomic E-state index is 0.0829. The molecule has 140 valence electrons. The van der Waals surface area contributed by atoms with Crippen LogP contribution in [0.5, 0.6) is 0 Å². The van der Waals surface area contributed by atoms with Gasteiger partial charge in [-0.15, -0.1) is 0 Å². The Morgan fingerprint density at radius 1 is 1.38 bits per heavy atom. The highest BCUT2D eigenvalue weighted by Crippen LogP contribution is 2.17. The number of piperidine rings is 1. The number of rotatable bonds is 6. The maximum atomic E-state index is 12.7. The number of pyridine rings is 1. The Labute approximate surface area is 155 Å². The molecule has 0 spiro atoms. The number of aryl methyl sites for hydroxylation is 1. The van der Waals surface area contributed by atoms with E-state index in [1.54, 1.807) is 6.20 Å². The van der Waals surface area contributed by atoms with Crippen LogP contribution in [-0.4, -0.2) is 44.8 Å². The van der Waals surface area contributed by atoms with Gasteiger partial charge in [-0.05, 0) is 50.3 Å². The molecular formula is C20H28N4O2. The molecule has 1 amide bonds. The van der Waals surface area contributed by atoms with Gasteiger partial charge in [-0.2, -0.15) is 5.10 Å². The molecule has 1 aliphatic heterocycles. The van der Waals surface area contributed by atoms with Crippen molar-refractivity contribution in [3.63, 3.8) is 0 Å². The SMILES string of the molecule is CCc1c(C)nn(CC(=O)N2CCCC(OCc3cccnc3)C2)c1C. The summed E-state index contributed by atoms with van der Waals surface area (Å²) in [7, 11) is 0. The maximum Gasteiger partial charge on any atom is 0.244 e. The highest BCUT2D eigenvalue weighted by Gasteiger charge is 2.25. The predicted molar refractivity (Wildman–Crippen MR) is 99.7 cm³/mol. The summed E-state index contributed by atoms with van der Waals surface area (Å²) < 4.78 is 7.85. The molecule has 0 aliphatic carbocycles. The van der Waals surface area contributed by atoms with Gasteiger partial charge in [0.15, 0.2) is 0 Å². The number of hydrogen-bond donors (Lipinski definition) is 0. The Hall–Kier alpha value is -2.21. The number of carbonyl (C=O) groups excluding carboxylic acids is 1. The summed E-state index contributed by atoms with van der Waals surface area (Å²) in [5.41, 5.74) is 4.42. The molecule has 1 saturated heterocycles. The highest BCUT2D eigenvalue weighted by molar-refractivity contribution is 5.76. The van der Waals surface area contributed by atoms with Crippen LogP contribution >= 0.6 is 0 Å². The van der Waals surface area contributed by atoms with E-state index < -0.39 is 0 Å². The first kappa shape index (κ1) is 18.6. The van der Waals surface area contributed by atoms with Crippen molar-refractivity contribution in [1.29, 1.82) is 0 Å². The molecule has 0 bridgehead atoms. The summed E-state index contributed by atoms with van der Waals surface area (Å²) in [5, 5.41) is 4.54. The van der Waals surface area contributed by atoms with Gasteiger partial charge < -0.3 is 9.64 Å². The summed E-state index contributed by atoms with van der Waals surface area (Å²) in [6.45, 7) is 8.47. The van der Waals surface area contributed by atoms with Crippen molar-refractivity contribution < 1.29 is 9.53 Å². The van der Waals surface area contributed by atoms with Crippen LogP contribution in [0, 0.1) is 13.8 Å². The highest BCUT2D eigenvalue weighted by atomic mass is 16.5. The molecule has 2 aromatic rings. The monoisotopic (exact) mass is 356 g/mol. The van der Waals surface area contributed by atoms with Crippen LogP contribution in [0.3, 0.4) is 0 Å². The second kappa shape index (κ2) is 8.45. The fourth-order valence-electron chi connectivity index (χ4n) is 3.63. The van der Waals surface area contributed by atoms with Crippen LogP contribution in [0.15, 0.2) is 24.5 Å². The van der Waals surface area contributed by atoms with E-state index in [9.17, 15) is 4.79 Å². The second-order valence-electron chi connectivity index (χ2n) is 6.94. The quantitative estimate of drug-likeness (QED) is 0.798. The largest absolute Gasteiger partial charge is 0.372 e. The lowest BCUT2D eigenvalue weighted by Gasteiger charge is -2.32. The van der Waals surface area contributed by atoms with E-state index in [-0.39, 0.29) is 12.0 Å². The normalized spacial score (nSPS) is 17.5. The molecular weight excluding hydrogens is 328 g/mol.